The largest absolute Gasteiger partial charge is 0.478 e. The van der Waals surface area contributed by atoms with Crippen LogP contribution in [-0.4, -0.2) is 34.8 Å². The van der Waals surface area contributed by atoms with Gasteiger partial charge in [0.1, 0.15) is 6.04 Å². The summed E-state index contributed by atoms with van der Waals surface area (Å²) < 4.78 is 0. The van der Waals surface area contributed by atoms with Crippen LogP contribution in [0, 0.1) is 0 Å². The minimum Gasteiger partial charge on any atom is -0.478 e. The zero-order valence-electron chi connectivity index (χ0n) is 11.3. The SMILES string of the molecule is Cl.Nc1cccc(C(=O)O)c1C(=O)NC1CCC(=O)NC1=O. The predicted octanol–water partition coefficient (Wildman–Crippen LogP) is -0.0762. The van der Waals surface area contributed by atoms with Gasteiger partial charge in [-0.1, -0.05) is 6.07 Å². The molecule has 8 nitrogen and oxygen atoms in total. The van der Waals surface area contributed by atoms with Gasteiger partial charge in [0.05, 0.1) is 11.1 Å². The fraction of sp³-hybridized carbons (Fsp3) is 0.231. The van der Waals surface area contributed by atoms with Crippen LogP contribution in [-0.2, 0) is 9.59 Å². The van der Waals surface area contributed by atoms with E-state index >= 15 is 0 Å². The van der Waals surface area contributed by atoms with Crippen molar-refractivity contribution >= 4 is 41.8 Å². The minimum absolute atomic E-state index is 0. The van der Waals surface area contributed by atoms with Crippen LogP contribution >= 0.6 is 12.4 Å². The van der Waals surface area contributed by atoms with E-state index in [0.29, 0.717) is 0 Å². The molecule has 1 fully saturated rings. The number of carboxylic acids is 1. The zero-order chi connectivity index (χ0) is 15.6. The Morgan fingerprint density at radius 3 is 2.59 bits per heavy atom. The first-order valence-corrected chi connectivity index (χ1v) is 6.16. The number of nitrogens with two attached hydrogens (primary N) is 1. The van der Waals surface area contributed by atoms with Crippen LogP contribution in [0.5, 0.6) is 0 Å². The van der Waals surface area contributed by atoms with Crippen molar-refractivity contribution < 1.29 is 24.3 Å². The Balaban J connectivity index is 0.00000242. The molecule has 1 aliphatic rings. The topological polar surface area (TPSA) is 139 Å². The Bertz CT molecular complexity index is 647. The second-order valence-electron chi connectivity index (χ2n) is 4.55. The molecule has 5 N–H and O–H groups in total. The summed E-state index contributed by atoms with van der Waals surface area (Å²) >= 11 is 0. The number of hydrogen-bond acceptors (Lipinski definition) is 5. The van der Waals surface area contributed by atoms with Crippen molar-refractivity contribution in [3.8, 4) is 0 Å². The molecule has 0 aromatic heterocycles. The highest BCUT2D eigenvalue weighted by Gasteiger charge is 2.29. The molecule has 9 heteroatoms. The Hall–Kier alpha value is -2.61. The summed E-state index contributed by atoms with van der Waals surface area (Å²) in [4.78, 5) is 45.9. The minimum atomic E-state index is -1.30. The van der Waals surface area contributed by atoms with Gasteiger partial charge in [0.15, 0.2) is 0 Å². The second-order valence-corrected chi connectivity index (χ2v) is 4.55. The molecule has 1 aromatic rings. The van der Waals surface area contributed by atoms with Gasteiger partial charge < -0.3 is 16.2 Å². The third kappa shape index (κ3) is 3.53. The van der Waals surface area contributed by atoms with E-state index in [1.165, 1.54) is 18.2 Å². The van der Waals surface area contributed by atoms with Crippen molar-refractivity contribution in [1.29, 1.82) is 0 Å². The average Bonchev–Trinajstić information content (AvgIpc) is 2.41. The number of amides is 3. The summed E-state index contributed by atoms with van der Waals surface area (Å²) in [5.74, 6) is -3.09. The van der Waals surface area contributed by atoms with E-state index in [1.54, 1.807) is 0 Å². The van der Waals surface area contributed by atoms with E-state index < -0.39 is 29.7 Å². The number of carboxylic acid groups (broad SMARTS) is 1. The van der Waals surface area contributed by atoms with Crippen LogP contribution in [0.2, 0.25) is 0 Å². The van der Waals surface area contributed by atoms with E-state index in [2.05, 4.69) is 10.6 Å². The lowest BCUT2D eigenvalue weighted by atomic mass is 10.0. The van der Waals surface area contributed by atoms with Crippen LogP contribution in [0.4, 0.5) is 5.69 Å². The highest BCUT2D eigenvalue weighted by atomic mass is 35.5. The van der Waals surface area contributed by atoms with Gasteiger partial charge in [-0.2, -0.15) is 0 Å². The summed E-state index contributed by atoms with van der Waals surface area (Å²) in [6, 6.07) is 3.17. The number of carbonyl (C=O) groups excluding carboxylic acids is 3. The molecule has 118 valence electrons. The van der Waals surface area contributed by atoms with Crippen LogP contribution in [0.25, 0.3) is 0 Å². The lowest BCUT2D eigenvalue weighted by molar-refractivity contribution is -0.134. The highest BCUT2D eigenvalue weighted by Crippen LogP contribution is 2.18. The number of carbonyl (C=O) groups is 4. The van der Waals surface area contributed by atoms with Gasteiger partial charge >= 0.3 is 5.97 Å². The molecule has 1 saturated heterocycles. The number of aromatic carboxylic acids is 1. The molecule has 1 unspecified atom stereocenters. The lowest BCUT2D eigenvalue weighted by Gasteiger charge is -2.22. The van der Waals surface area contributed by atoms with Crippen molar-refractivity contribution in [3.63, 3.8) is 0 Å². The standard InChI is InChI=1S/C13H13N3O5.ClH/c14-7-3-1-2-6(13(20)21)10(7)12(19)15-8-4-5-9(17)16-11(8)18;/h1-3,8H,4-5,14H2,(H,15,19)(H,20,21)(H,16,17,18);1H. The van der Waals surface area contributed by atoms with Crippen LogP contribution in [0.3, 0.4) is 0 Å². The molecule has 0 bridgehead atoms. The summed E-state index contributed by atoms with van der Waals surface area (Å²) in [5, 5.41) is 13.6. The molecule has 0 radical (unpaired) electrons. The zero-order valence-corrected chi connectivity index (χ0v) is 12.1. The first-order valence-electron chi connectivity index (χ1n) is 6.16. The Morgan fingerprint density at radius 2 is 2.00 bits per heavy atom. The van der Waals surface area contributed by atoms with Crippen molar-refractivity contribution in [2.75, 3.05) is 5.73 Å². The molecule has 0 saturated carbocycles. The molecule has 0 aliphatic carbocycles. The molecular weight excluding hydrogens is 314 g/mol. The number of benzene rings is 1. The van der Waals surface area contributed by atoms with Gasteiger partial charge in [0, 0.05) is 12.1 Å². The first kappa shape index (κ1) is 17.4. The Morgan fingerprint density at radius 1 is 1.32 bits per heavy atom. The Labute approximate surface area is 131 Å². The fourth-order valence-electron chi connectivity index (χ4n) is 2.06. The average molecular weight is 328 g/mol. The van der Waals surface area contributed by atoms with E-state index in [-0.39, 0.29) is 42.1 Å². The van der Waals surface area contributed by atoms with Crippen molar-refractivity contribution in [1.82, 2.24) is 10.6 Å². The van der Waals surface area contributed by atoms with Gasteiger partial charge in [0.25, 0.3) is 5.91 Å². The molecule has 0 spiro atoms. The molecular formula is C13H14ClN3O5. The molecule has 22 heavy (non-hydrogen) atoms. The van der Waals surface area contributed by atoms with Gasteiger partial charge in [-0.25, -0.2) is 4.79 Å². The maximum absolute atomic E-state index is 12.2. The number of nitrogens with one attached hydrogen (secondary N) is 2. The van der Waals surface area contributed by atoms with Crippen molar-refractivity contribution in [3.05, 3.63) is 29.3 Å². The fourth-order valence-corrected chi connectivity index (χ4v) is 2.06. The second kappa shape index (κ2) is 6.90. The maximum atomic E-state index is 12.2. The van der Waals surface area contributed by atoms with Gasteiger partial charge in [-0.15, -0.1) is 12.4 Å². The van der Waals surface area contributed by atoms with Crippen molar-refractivity contribution in [2.24, 2.45) is 0 Å². The third-order valence-electron chi connectivity index (χ3n) is 3.10. The van der Waals surface area contributed by atoms with E-state index in [0.717, 1.165) is 0 Å². The molecule has 2 rings (SSSR count). The summed E-state index contributed by atoms with van der Waals surface area (Å²) in [6.45, 7) is 0. The van der Waals surface area contributed by atoms with Gasteiger partial charge in [-0.3, -0.25) is 19.7 Å². The number of imide groups is 1. The number of rotatable bonds is 3. The predicted molar refractivity (Wildman–Crippen MR) is 78.7 cm³/mol. The number of hydrogen-bond donors (Lipinski definition) is 4. The van der Waals surface area contributed by atoms with E-state index in [4.69, 9.17) is 10.8 Å². The van der Waals surface area contributed by atoms with Crippen molar-refractivity contribution in [2.45, 2.75) is 18.9 Å². The summed E-state index contributed by atoms with van der Waals surface area (Å²) in [6.07, 6.45) is 0.262. The first-order chi connectivity index (χ1) is 9.90. The van der Waals surface area contributed by atoms with Crippen LogP contribution in [0.15, 0.2) is 18.2 Å². The number of piperidine rings is 1. The number of nitrogen functional groups attached to an aromatic ring is 1. The van der Waals surface area contributed by atoms with Gasteiger partial charge in [-0.05, 0) is 18.6 Å². The lowest BCUT2D eigenvalue weighted by Crippen LogP contribution is -2.52. The summed E-state index contributed by atoms with van der Waals surface area (Å²) in [5.41, 5.74) is 5.19. The smallest absolute Gasteiger partial charge is 0.336 e. The molecule has 1 atom stereocenters. The molecule has 1 aliphatic heterocycles. The van der Waals surface area contributed by atoms with E-state index in [1.807, 2.05) is 0 Å². The summed E-state index contributed by atoms with van der Waals surface area (Å²) in [7, 11) is 0. The molecule has 3 amide bonds. The molecule has 1 heterocycles. The molecule has 1 aromatic carbocycles. The number of anilines is 1. The number of halogens is 1. The monoisotopic (exact) mass is 327 g/mol. The van der Waals surface area contributed by atoms with Crippen LogP contribution < -0.4 is 16.4 Å². The van der Waals surface area contributed by atoms with Crippen LogP contribution in [0.1, 0.15) is 33.6 Å². The normalized spacial score (nSPS) is 17.2. The Kier molecular flexibility index (Phi) is 5.47. The third-order valence-corrected chi connectivity index (χ3v) is 3.10. The quantitative estimate of drug-likeness (QED) is 0.452. The van der Waals surface area contributed by atoms with E-state index in [9.17, 15) is 19.2 Å². The van der Waals surface area contributed by atoms with Gasteiger partial charge in [0.2, 0.25) is 11.8 Å². The maximum Gasteiger partial charge on any atom is 0.336 e. The highest BCUT2D eigenvalue weighted by molar-refractivity contribution is 6.10.